The van der Waals surface area contributed by atoms with Gasteiger partial charge in [0.25, 0.3) is 5.91 Å². The second-order valence-electron chi connectivity index (χ2n) is 6.81. The van der Waals surface area contributed by atoms with Crippen LogP contribution in [-0.4, -0.2) is 43.6 Å². The number of nitrogens with one attached hydrogen (secondary N) is 1. The molecule has 1 fully saturated rings. The molecule has 1 saturated heterocycles. The molecule has 1 N–H and O–H groups in total. The van der Waals surface area contributed by atoms with Crippen molar-refractivity contribution in [3.63, 3.8) is 0 Å². The molecule has 0 saturated carbocycles. The molecular formula is C19H30N2O2. The molecule has 1 aliphatic rings. The van der Waals surface area contributed by atoms with Gasteiger partial charge in [-0.05, 0) is 62.9 Å². The number of carbonyl (C=O) groups excluding carboxylic acids is 1. The number of hydrogen-bond acceptors (Lipinski definition) is 3. The monoisotopic (exact) mass is 318 g/mol. The highest BCUT2D eigenvalue weighted by molar-refractivity contribution is 5.81. The smallest absolute Gasteiger partial charge is 0.263 e. The quantitative estimate of drug-likeness (QED) is 0.876. The lowest BCUT2D eigenvalue weighted by Gasteiger charge is -2.33. The zero-order valence-corrected chi connectivity index (χ0v) is 14.8. The Bertz CT molecular complexity index is 508. The van der Waals surface area contributed by atoms with Crippen LogP contribution in [0, 0.1) is 5.92 Å². The average Bonchev–Trinajstić information content (AvgIpc) is 2.55. The molecule has 1 unspecified atom stereocenters. The van der Waals surface area contributed by atoms with Crippen LogP contribution < -0.4 is 10.1 Å². The van der Waals surface area contributed by atoms with E-state index >= 15 is 0 Å². The fourth-order valence-corrected chi connectivity index (χ4v) is 3.10. The van der Waals surface area contributed by atoms with E-state index in [-0.39, 0.29) is 5.91 Å². The van der Waals surface area contributed by atoms with E-state index in [0.717, 1.165) is 38.2 Å². The van der Waals surface area contributed by atoms with Crippen LogP contribution in [0.1, 0.15) is 45.1 Å². The molecule has 1 aromatic carbocycles. The summed E-state index contributed by atoms with van der Waals surface area (Å²) in [6.07, 6.45) is 1.71. The molecule has 4 heteroatoms. The van der Waals surface area contributed by atoms with E-state index in [9.17, 15) is 4.79 Å². The molecule has 0 spiro atoms. The number of piperidine rings is 1. The van der Waals surface area contributed by atoms with E-state index in [2.05, 4.69) is 25.2 Å². The van der Waals surface area contributed by atoms with Gasteiger partial charge in [0.05, 0.1) is 0 Å². The summed E-state index contributed by atoms with van der Waals surface area (Å²) in [5, 5.41) is 3.22. The lowest BCUT2D eigenvalue weighted by molar-refractivity contribution is -0.139. The minimum Gasteiger partial charge on any atom is -0.481 e. The van der Waals surface area contributed by atoms with Crippen molar-refractivity contribution in [1.82, 2.24) is 10.2 Å². The summed E-state index contributed by atoms with van der Waals surface area (Å²) < 4.78 is 5.89. The van der Waals surface area contributed by atoms with Gasteiger partial charge in [0, 0.05) is 13.1 Å². The van der Waals surface area contributed by atoms with Crippen LogP contribution in [0.15, 0.2) is 24.3 Å². The highest BCUT2D eigenvalue weighted by atomic mass is 16.5. The molecule has 0 bridgehead atoms. The molecule has 1 atom stereocenters. The van der Waals surface area contributed by atoms with E-state index in [1.807, 2.05) is 37.1 Å². The second-order valence-corrected chi connectivity index (χ2v) is 6.81. The molecule has 4 nitrogen and oxygen atoms in total. The largest absolute Gasteiger partial charge is 0.481 e. The van der Waals surface area contributed by atoms with E-state index in [4.69, 9.17) is 4.74 Å². The summed E-state index contributed by atoms with van der Waals surface area (Å²) in [6, 6.07) is 8.05. The van der Waals surface area contributed by atoms with Gasteiger partial charge >= 0.3 is 0 Å². The van der Waals surface area contributed by atoms with E-state index in [1.54, 1.807) is 0 Å². The number of hydrogen-bond donors (Lipinski definition) is 1. The van der Waals surface area contributed by atoms with Crippen molar-refractivity contribution < 1.29 is 9.53 Å². The zero-order valence-electron chi connectivity index (χ0n) is 14.8. The molecule has 1 heterocycles. The van der Waals surface area contributed by atoms with Gasteiger partial charge in [0.15, 0.2) is 6.10 Å². The van der Waals surface area contributed by atoms with Crippen LogP contribution in [0.5, 0.6) is 5.75 Å². The van der Waals surface area contributed by atoms with Gasteiger partial charge in [-0.1, -0.05) is 26.0 Å². The van der Waals surface area contributed by atoms with Crippen molar-refractivity contribution in [1.29, 1.82) is 0 Å². The number of benzene rings is 1. The fourth-order valence-electron chi connectivity index (χ4n) is 3.10. The van der Waals surface area contributed by atoms with Crippen molar-refractivity contribution >= 4 is 5.91 Å². The first-order chi connectivity index (χ1) is 11.0. The van der Waals surface area contributed by atoms with Crippen LogP contribution in [0.2, 0.25) is 0 Å². The van der Waals surface area contributed by atoms with Crippen molar-refractivity contribution in [2.45, 2.75) is 45.6 Å². The maximum Gasteiger partial charge on any atom is 0.263 e. The minimum atomic E-state index is -0.432. The molecule has 0 aliphatic carbocycles. The molecule has 1 aromatic rings. The summed E-state index contributed by atoms with van der Waals surface area (Å²) in [7, 11) is 1.98. The van der Waals surface area contributed by atoms with Crippen molar-refractivity contribution in [3.05, 3.63) is 29.8 Å². The highest BCUT2D eigenvalue weighted by Gasteiger charge is 2.26. The maximum atomic E-state index is 12.6. The highest BCUT2D eigenvalue weighted by Crippen LogP contribution is 2.22. The minimum absolute atomic E-state index is 0.0999. The van der Waals surface area contributed by atoms with E-state index in [0.29, 0.717) is 11.8 Å². The maximum absolute atomic E-state index is 12.6. The van der Waals surface area contributed by atoms with Gasteiger partial charge in [0.1, 0.15) is 5.75 Å². The third-order valence-electron chi connectivity index (χ3n) is 4.60. The van der Waals surface area contributed by atoms with Gasteiger partial charge < -0.3 is 15.0 Å². The first kappa shape index (κ1) is 17.8. The predicted molar refractivity (Wildman–Crippen MR) is 93.9 cm³/mol. The lowest BCUT2D eigenvalue weighted by Crippen LogP contribution is -2.45. The van der Waals surface area contributed by atoms with Crippen molar-refractivity contribution in [2.75, 3.05) is 26.7 Å². The molecule has 1 aliphatic heterocycles. The van der Waals surface area contributed by atoms with Crippen LogP contribution in [-0.2, 0) is 4.79 Å². The number of ether oxygens (including phenoxy) is 1. The van der Waals surface area contributed by atoms with E-state index in [1.165, 1.54) is 5.56 Å². The number of nitrogens with zero attached hydrogens (tertiary/aromatic N) is 1. The van der Waals surface area contributed by atoms with Crippen LogP contribution >= 0.6 is 0 Å². The Morgan fingerprint density at radius 3 is 2.61 bits per heavy atom. The predicted octanol–water partition coefficient (Wildman–Crippen LogP) is 3.04. The molecule has 2 rings (SSSR count). The Labute approximate surface area is 140 Å². The van der Waals surface area contributed by atoms with Crippen LogP contribution in [0.25, 0.3) is 0 Å². The summed E-state index contributed by atoms with van der Waals surface area (Å²) in [6.45, 7) is 8.88. The molecule has 1 amide bonds. The Kier molecular flexibility index (Phi) is 6.46. The standard InChI is InChI=1S/C19H30N2O2/c1-14(2)17-6-5-7-18(12-17)23-15(3)19(22)21-10-8-16(9-11-21)13-20-4/h5-7,12,14-16,20H,8-11,13H2,1-4H3. The summed E-state index contributed by atoms with van der Waals surface area (Å²) in [5.41, 5.74) is 1.23. The van der Waals surface area contributed by atoms with Gasteiger partial charge in [-0.15, -0.1) is 0 Å². The van der Waals surface area contributed by atoms with Gasteiger partial charge in [-0.2, -0.15) is 0 Å². The summed E-state index contributed by atoms with van der Waals surface area (Å²) >= 11 is 0. The van der Waals surface area contributed by atoms with Crippen LogP contribution in [0.3, 0.4) is 0 Å². The Hall–Kier alpha value is -1.55. The van der Waals surface area contributed by atoms with E-state index < -0.39 is 6.10 Å². The zero-order chi connectivity index (χ0) is 16.8. The molecule has 128 valence electrons. The number of likely N-dealkylation sites (tertiary alicyclic amines) is 1. The van der Waals surface area contributed by atoms with Crippen molar-refractivity contribution in [2.24, 2.45) is 5.92 Å². The average molecular weight is 318 g/mol. The molecular weight excluding hydrogens is 288 g/mol. The lowest BCUT2D eigenvalue weighted by atomic mass is 9.96. The second kappa shape index (κ2) is 8.34. The first-order valence-corrected chi connectivity index (χ1v) is 8.71. The third-order valence-corrected chi connectivity index (χ3v) is 4.60. The first-order valence-electron chi connectivity index (χ1n) is 8.71. The van der Waals surface area contributed by atoms with Gasteiger partial charge in [-0.3, -0.25) is 4.79 Å². The number of rotatable bonds is 6. The number of carbonyl (C=O) groups is 1. The number of amides is 1. The Morgan fingerprint density at radius 2 is 2.00 bits per heavy atom. The summed E-state index contributed by atoms with van der Waals surface area (Å²) in [4.78, 5) is 14.5. The molecule has 0 radical (unpaired) electrons. The van der Waals surface area contributed by atoms with Gasteiger partial charge in [0.2, 0.25) is 0 Å². The normalized spacial score (nSPS) is 17.3. The molecule has 23 heavy (non-hydrogen) atoms. The summed E-state index contributed by atoms with van der Waals surface area (Å²) in [5.74, 6) is 2.02. The molecule has 0 aromatic heterocycles. The topological polar surface area (TPSA) is 41.6 Å². The SMILES string of the molecule is CNCC1CCN(C(=O)C(C)Oc2cccc(C(C)C)c2)CC1. The van der Waals surface area contributed by atoms with Crippen LogP contribution in [0.4, 0.5) is 0 Å². The van der Waals surface area contributed by atoms with Gasteiger partial charge in [-0.25, -0.2) is 0 Å². The van der Waals surface area contributed by atoms with Crippen molar-refractivity contribution in [3.8, 4) is 5.75 Å². The third kappa shape index (κ3) is 4.96. The Balaban J connectivity index is 1.89. The fraction of sp³-hybridized carbons (Fsp3) is 0.632. The Morgan fingerprint density at radius 1 is 1.30 bits per heavy atom.